The van der Waals surface area contributed by atoms with Gasteiger partial charge in [-0.25, -0.2) is 4.98 Å². The lowest BCUT2D eigenvalue weighted by molar-refractivity contribution is -0.121. The van der Waals surface area contributed by atoms with Crippen LogP contribution in [0.3, 0.4) is 0 Å². The minimum Gasteiger partial charge on any atom is -0.477 e. The first-order valence-electron chi connectivity index (χ1n) is 8.65. The zero-order chi connectivity index (χ0) is 16.9. The minimum absolute atomic E-state index is 0.0467. The molecule has 1 unspecified atom stereocenters. The smallest absolute Gasteiger partial charge is 0.220 e. The molecule has 1 heterocycles. The maximum absolute atomic E-state index is 11.9. The maximum Gasteiger partial charge on any atom is 0.220 e. The Morgan fingerprint density at radius 1 is 1.35 bits per heavy atom. The van der Waals surface area contributed by atoms with Gasteiger partial charge in [0, 0.05) is 24.7 Å². The number of aliphatic hydroxyl groups is 1. The van der Waals surface area contributed by atoms with E-state index < -0.39 is 0 Å². The number of nitrogens with zero attached hydrogens (tertiary/aromatic N) is 1. The van der Waals surface area contributed by atoms with Gasteiger partial charge in [0.15, 0.2) is 0 Å². The molecule has 5 heteroatoms. The first kappa shape index (κ1) is 19.4. The van der Waals surface area contributed by atoms with Crippen LogP contribution in [0.1, 0.15) is 64.4 Å². The number of amides is 1. The highest BCUT2D eigenvalue weighted by atomic mass is 16.5. The minimum atomic E-state index is -0.250. The molecule has 0 spiro atoms. The van der Waals surface area contributed by atoms with Crippen LogP contribution in [0.15, 0.2) is 18.3 Å². The summed E-state index contributed by atoms with van der Waals surface area (Å²) in [6.07, 6.45) is 7.63. The predicted molar refractivity (Wildman–Crippen MR) is 91.3 cm³/mol. The molecule has 1 aromatic rings. The molecular formula is C18H30N2O3. The number of nitrogens with one attached hydrogen (secondary N) is 1. The number of hydrogen-bond donors (Lipinski definition) is 2. The van der Waals surface area contributed by atoms with Gasteiger partial charge in [-0.15, -0.1) is 0 Å². The van der Waals surface area contributed by atoms with Crippen LogP contribution in [0, 0.1) is 0 Å². The van der Waals surface area contributed by atoms with Crippen LogP contribution in [0.5, 0.6) is 5.88 Å². The van der Waals surface area contributed by atoms with Crippen LogP contribution in [0.2, 0.25) is 0 Å². The number of hydrogen-bond acceptors (Lipinski definition) is 4. The molecule has 23 heavy (non-hydrogen) atoms. The number of aliphatic hydroxyl groups excluding tert-OH is 1. The van der Waals surface area contributed by atoms with Crippen LogP contribution >= 0.6 is 0 Å². The molecule has 130 valence electrons. The van der Waals surface area contributed by atoms with Gasteiger partial charge in [-0.2, -0.15) is 0 Å². The van der Waals surface area contributed by atoms with Crippen molar-refractivity contribution in [1.82, 2.24) is 10.3 Å². The largest absolute Gasteiger partial charge is 0.477 e. The second-order valence-electron chi connectivity index (χ2n) is 5.89. The van der Waals surface area contributed by atoms with Gasteiger partial charge in [0.25, 0.3) is 0 Å². The molecule has 0 radical (unpaired) electrons. The zero-order valence-corrected chi connectivity index (χ0v) is 14.4. The van der Waals surface area contributed by atoms with E-state index in [2.05, 4.69) is 17.2 Å². The summed E-state index contributed by atoms with van der Waals surface area (Å²) in [5.41, 5.74) is 0.908. The third-order valence-corrected chi connectivity index (χ3v) is 3.59. The number of carbonyl (C=O) groups excluding carboxylic acids is 1. The summed E-state index contributed by atoms with van der Waals surface area (Å²) in [5.74, 6) is 0.656. The number of aromatic nitrogens is 1. The van der Waals surface area contributed by atoms with Crippen LogP contribution in [-0.2, 0) is 11.3 Å². The van der Waals surface area contributed by atoms with Gasteiger partial charge in [-0.1, -0.05) is 32.3 Å². The standard InChI is InChI=1S/C18H30N2O3/c1-3-4-13-23-18-16(10-8-12-19-18)14-20-17(22)11-7-5-6-9-15(2)21/h8,10,12,15,21H,3-7,9,11,13-14H2,1-2H3,(H,20,22). The van der Waals surface area contributed by atoms with Crippen LogP contribution in [-0.4, -0.2) is 28.7 Å². The molecule has 2 N–H and O–H groups in total. The average Bonchev–Trinajstić information content (AvgIpc) is 2.53. The molecule has 0 aliphatic heterocycles. The van der Waals surface area contributed by atoms with Gasteiger partial charge < -0.3 is 15.2 Å². The molecule has 0 aromatic carbocycles. The van der Waals surface area contributed by atoms with Crippen molar-refractivity contribution in [2.75, 3.05) is 6.61 Å². The second kappa shape index (κ2) is 11.9. The molecule has 0 aliphatic rings. The van der Waals surface area contributed by atoms with Gasteiger partial charge >= 0.3 is 0 Å². The zero-order valence-electron chi connectivity index (χ0n) is 14.4. The van der Waals surface area contributed by atoms with Crippen molar-refractivity contribution < 1.29 is 14.6 Å². The summed E-state index contributed by atoms with van der Waals surface area (Å²) in [6.45, 7) is 5.00. The van der Waals surface area contributed by atoms with E-state index in [1.54, 1.807) is 13.1 Å². The van der Waals surface area contributed by atoms with Crippen molar-refractivity contribution in [3.63, 3.8) is 0 Å². The lowest BCUT2D eigenvalue weighted by Crippen LogP contribution is -2.23. The van der Waals surface area contributed by atoms with E-state index in [1.807, 2.05) is 12.1 Å². The highest BCUT2D eigenvalue weighted by molar-refractivity contribution is 5.75. The van der Waals surface area contributed by atoms with E-state index in [0.29, 0.717) is 25.5 Å². The quantitative estimate of drug-likeness (QED) is 0.580. The summed E-state index contributed by atoms with van der Waals surface area (Å²) < 4.78 is 5.66. The van der Waals surface area contributed by atoms with Crippen molar-refractivity contribution in [2.24, 2.45) is 0 Å². The molecule has 0 bridgehead atoms. The van der Waals surface area contributed by atoms with E-state index in [0.717, 1.165) is 44.1 Å². The van der Waals surface area contributed by atoms with E-state index in [1.165, 1.54) is 0 Å². The van der Waals surface area contributed by atoms with Gasteiger partial charge in [-0.3, -0.25) is 4.79 Å². The normalized spacial score (nSPS) is 12.0. The Morgan fingerprint density at radius 3 is 2.91 bits per heavy atom. The first-order chi connectivity index (χ1) is 11.1. The Balaban J connectivity index is 2.27. The lowest BCUT2D eigenvalue weighted by atomic mass is 10.1. The van der Waals surface area contributed by atoms with E-state index >= 15 is 0 Å². The summed E-state index contributed by atoms with van der Waals surface area (Å²) >= 11 is 0. The number of carbonyl (C=O) groups is 1. The molecule has 0 fully saturated rings. The van der Waals surface area contributed by atoms with Crippen molar-refractivity contribution in [3.05, 3.63) is 23.9 Å². The third kappa shape index (κ3) is 9.18. The van der Waals surface area contributed by atoms with Crippen LogP contribution in [0.25, 0.3) is 0 Å². The highest BCUT2D eigenvalue weighted by Crippen LogP contribution is 2.14. The second-order valence-corrected chi connectivity index (χ2v) is 5.89. The first-order valence-corrected chi connectivity index (χ1v) is 8.65. The SMILES string of the molecule is CCCCOc1ncccc1CNC(=O)CCCCCC(C)O. The number of pyridine rings is 1. The fourth-order valence-corrected chi connectivity index (χ4v) is 2.19. The molecule has 1 atom stereocenters. The molecule has 5 nitrogen and oxygen atoms in total. The molecule has 0 saturated carbocycles. The van der Waals surface area contributed by atoms with Crippen LogP contribution < -0.4 is 10.1 Å². The number of ether oxygens (including phenoxy) is 1. The Labute approximate surface area is 139 Å². The van der Waals surface area contributed by atoms with Crippen molar-refractivity contribution >= 4 is 5.91 Å². The Morgan fingerprint density at radius 2 is 2.17 bits per heavy atom. The van der Waals surface area contributed by atoms with Crippen molar-refractivity contribution in [1.29, 1.82) is 0 Å². The average molecular weight is 322 g/mol. The maximum atomic E-state index is 11.9. The molecule has 1 rings (SSSR count). The number of unbranched alkanes of at least 4 members (excludes halogenated alkanes) is 3. The van der Waals surface area contributed by atoms with E-state index in [9.17, 15) is 9.90 Å². The molecule has 1 aromatic heterocycles. The molecule has 1 amide bonds. The number of rotatable bonds is 12. The Hall–Kier alpha value is -1.62. The summed E-state index contributed by atoms with van der Waals surface area (Å²) in [6, 6.07) is 3.78. The third-order valence-electron chi connectivity index (χ3n) is 3.59. The van der Waals surface area contributed by atoms with Gasteiger partial charge in [0.2, 0.25) is 11.8 Å². The fraction of sp³-hybridized carbons (Fsp3) is 0.667. The lowest BCUT2D eigenvalue weighted by Gasteiger charge is -2.11. The predicted octanol–water partition coefficient (Wildman–Crippen LogP) is 3.21. The van der Waals surface area contributed by atoms with Gasteiger partial charge in [0.1, 0.15) is 0 Å². The Kier molecular flexibility index (Phi) is 10.0. The van der Waals surface area contributed by atoms with Crippen molar-refractivity contribution in [2.45, 2.75) is 71.4 Å². The van der Waals surface area contributed by atoms with Crippen LogP contribution in [0.4, 0.5) is 0 Å². The molecular weight excluding hydrogens is 292 g/mol. The topological polar surface area (TPSA) is 71.5 Å². The molecule has 0 aliphatic carbocycles. The van der Waals surface area contributed by atoms with E-state index in [4.69, 9.17) is 4.74 Å². The van der Waals surface area contributed by atoms with Gasteiger partial charge in [0.05, 0.1) is 12.7 Å². The van der Waals surface area contributed by atoms with Gasteiger partial charge in [-0.05, 0) is 32.3 Å². The monoisotopic (exact) mass is 322 g/mol. The highest BCUT2D eigenvalue weighted by Gasteiger charge is 2.07. The van der Waals surface area contributed by atoms with E-state index in [-0.39, 0.29) is 12.0 Å². The summed E-state index contributed by atoms with van der Waals surface area (Å²) in [7, 11) is 0. The Bertz CT molecular complexity index is 450. The summed E-state index contributed by atoms with van der Waals surface area (Å²) in [5, 5.41) is 12.1. The molecule has 0 saturated heterocycles. The summed E-state index contributed by atoms with van der Waals surface area (Å²) in [4.78, 5) is 16.1. The van der Waals surface area contributed by atoms with Crippen molar-refractivity contribution in [3.8, 4) is 5.88 Å². The fourth-order valence-electron chi connectivity index (χ4n) is 2.19.